The molecule has 1 saturated heterocycles. The number of rotatable bonds is 4. The van der Waals surface area contributed by atoms with Crippen molar-refractivity contribution < 1.29 is 4.79 Å². The quantitative estimate of drug-likeness (QED) is 0.767. The minimum atomic E-state index is -0.00403. The van der Waals surface area contributed by atoms with E-state index in [4.69, 9.17) is 4.98 Å². The number of imidazole rings is 1. The summed E-state index contributed by atoms with van der Waals surface area (Å²) in [7, 11) is 0. The monoisotopic (exact) mass is 335 g/mol. The highest BCUT2D eigenvalue weighted by Crippen LogP contribution is 2.32. The molecular weight excluding hydrogens is 314 g/mol. The molecule has 4 rings (SSSR count). The van der Waals surface area contributed by atoms with Gasteiger partial charge in [-0.2, -0.15) is 0 Å². The number of carbonyl (C=O) groups is 1. The standard InChI is InChI=1S/C19H21N5O/c1-2-20-17-12-13(9-10-21-17)19(25)24-11-5-8-16(24)18-22-14-6-3-4-7-15(14)23-18/h3-4,6-7,9-10,12,16H,2,5,8,11H2,1H3,(H,20,21)(H,22,23). The molecule has 0 radical (unpaired) electrons. The van der Waals surface area contributed by atoms with Crippen molar-refractivity contribution in [3.05, 3.63) is 54.0 Å². The number of hydrogen-bond acceptors (Lipinski definition) is 4. The topological polar surface area (TPSA) is 73.9 Å². The van der Waals surface area contributed by atoms with Crippen LogP contribution in [0.25, 0.3) is 11.0 Å². The number of aromatic nitrogens is 3. The number of para-hydroxylation sites is 2. The Kier molecular flexibility index (Phi) is 4.09. The fraction of sp³-hybridized carbons (Fsp3) is 0.316. The van der Waals surface area contributed by atoms with Crippen LogP contribution in [0.2, 0.25) is 0 Å². The molecule has 0 spiro atoms. The summed E-state index contributed by atoms with van der Waals surface area (Å²) in [6.07, 6.45) is 3.59. The predicted octanol–water partition coefficient (Wildman–Crippen LogP) is 3.37. The number of benzene rings is 1. The summed E-state index contributed by atoms with van der Waals surface area (Å²) in [5, 5.41) is 3.15. The van der Waals surface area contributed by atoms with Gasteiger partial charge in [0.2, 0.25) is 0 Å². The first-order chi connectivity index (χ1) is 12.3. The van der Waals surface area contributed by atoms with Gasteiger partial charge in [-0.15, -0.1) is 0 Å². The largest absolute Gasteiger partial charge is 0.370 e. The third-order valence-electron chi connectivity index (χ3n) is 4.60. The Morgan fingerprint density at radius 2 is 2.24 bits per heavy atom. The lowest BCUT2D eigenvalue weighted by Crippen LogP contribution is -2.31. The number of nitrogens with one attached hydrogen (secondary N) is 2. The van der Waals surface area contributed by atoms with Crippen molar-refractivity contribution in [3.8, 4) is 0 Å². The van der Waals surface area contributed by atoms with Crippen molar-refractivity contribution >= 4 is 22.8 Å². The van der Waals surface area contributed by atoms with Crippen LogP contribution in [0.3, 0.4) is 0 Å². The van der Waals surface area contributed by atoms with Gasteiger partial charge in [0.1, 0.15) is 11.6 Å². The Bertz CT molecular complexity index is 870. The molecule has 0 bridgehead atoms. The molecule has 0 aliphatic carbocycles. The van der Waals surface area contributed by atoms with E-state index in [0.717, 1.165) is 48.6 Å². The summed E-state index contributed by atoms with van der Waals surface area (Å²) in [6.45, 7) is 3.53. The van der Waals surface area contributed by atoms with E-state index in [1.54, 1.807) is 12.3 Å². The molecule has 1 aliphatic rings. The summed E-state index contributed by atoms with van der Waals surface area (Å²) < 4.78 is 0. The molecule has 25 heavy (non-hydrogen) atoms. The minimum absolute atomic E-state index is 0.00403. The van der Waals surface area contributed by atoms with E-state index in [9.17, 15) is 4.79 Å². The molecule has 3 heterocycles. The Balaban J connectivity index is 1.62. The molecule has 1 unspecified atom stereocenters. The van der Waals surface area contributed by atoms with E-state index in [1.807, 2.05) is 42.2 Å². The second kappa shape index (κ2) is 6.55. The van der Waals surface area contributed by atoms with E-state index >= 15 is 0 Å². The first-order valence-corrected chi connectivity index (χ1v) is 8.72. The van der Waals surface area contributed by atoms with Crippen LogP contribution in [0.4, 0.5) is 5.82 Å². The summed E-state index contributed by atoms with van der Waals surface area (Å²) in [5.74, 6) is 1.63. The number of carbonyl (C=O) groups excluding carboxylic acids is 1. The van der Waals surface area contributed by atoms with Crippen LogP contribution in [-0.4, -0.2) is 38.8 Å². The van der Waals surface area contributed by atoms with E-state index in [0.29, 0.717) is 5.56 Å². The van der Waals surface area contributed by atoms with Gasteiger partial charge >= 0.3 is 0 Å². The number of fused-ring (bicyclic) bond motifs is 1. The third-order valence-corrected chi connectivity index (χ3v) is 4.60. The molecule has 6 nitrogen and oxygen atoms in total. The molecule has 1 aliphatic heterocycles. The molecule has 2 N–H and O–H groups in total. The normalized spacial score (nSPS) is 17.2. The average Bonchev–Trinajstić information content (AvgIpc) is 3.28. The number of anilines is 1. The Labute approximate surface area is 146 Å². The van der Waals surface area contributed by atoms with Crippen LogP contribution in [0.15, 0.2) is 42.6 Å². The van der Waals surface area contributed by atoms with Gasteiger partial charge in [-0.1, -0.05) is 12.1 Å². The van der Waals surface area contributed by atoms with Crippen molar-refractivity contribution in [2.24, 2.45) is 0 Å². The highest BCUT2D eigenvalue weighted by Gasteiger charge is 2.32. The summed E-state index contributed by atoms with van der Waals surface area (Å²) in [5.41, 5.74) is 2.61. The molecule has 3 aromatic rings. The lowest BCUT2D eigenvalue weighted by Gasteiger charge is -2.23. The maximum atomic E-state index is 13.0. The zero-order valence-electron chi connectivity index (χ0n) is 14.2. The lowest BCUT2D eigenvalue weighted by molar-refractivity contribution is 0.0730. The second-order valence-electron chi connectivity index (χ2n) is 6.26. The van der Waals surface area contributed by atoms with E-state index in [-0.39, 0.29) is 11.9 Å². The van der Waals surface area contributed by atoms with Crippen LogP contribution in [-0.2, 0) is 0 Å². The molecule has 1 fully saturated rings. The molecule has 0 saturated carbocycles. The maximum absolute atomic E-state index is 13.0. The van der Waals surface area contributed by atoms with Crippen molar-refractivity contribution in [2.45, 2.75) is 25.8 Å². The van der Waals surface area contributed by atoms with Crippen LogP contribution in [0.1, 0.15) is 42.0 Å². The number of pyridine rings is 1. The molecule has 6 heteroatoms. The number of amides is 1. The van der Waals surface area contributed by atoms with Gasteiger partial charge in [0.25, 0.3) is 5.91 Å². The predicted molar refractivity (Wildman–Crippen MR) is 97.5 cm³/mol. The molecule has 128 valence electrons. The first kappa shape index (κ1) is 15.6. The molecule has 2 aromatic heterocycles. The fourth-order valence-electron chi connectivity index (χ4n) is 3.43. The summed E-state index contributed by atoms with van der Waals surface area (Å²) in [6, 6.07) is 11.6. The van der Waals surface area contributed by atoms with E-state index in [1.165, 1.54) is 0 Å². The van der Waals surface area contributed by atoms with E-state index < -0.39 is 0 Å². The van der Waals surface area contributed by atoms with Gasteiger partial charge < -0.3 is 15.2 Å². The van der Waals surface area contributed by atoms with Crippen LogP contribution in [0.5, 0.6) is 0 Å². The number of likely N-dealkylation sites (tertiary alicyclic amines) is 1. The van der Waals surface area contributed by atoms with Crippen molar-refractivity contribution in [2.75, 3.05) is 18.4 Å². The zero-order valence-corrected chi connectivity index (χ0v) is 14.2. The van der Waals surface area contributed by atoms with Crippen LogP contribution in [0, 0.1) is 0 Å². The van der Waals surface area contributed by atoms with E-state index in [2.05, 4.69) is 15.3 Å². The van der Waals surface area contributed by atoms with Gasteiger partial charge in [-0.25, -0.2) is 9.97 Å². The number of hydrogen-bond donors (Lipinski definition) is 2. The molecular formula is C19H21N5O. The van der Waals surface area contributed by atoms with Crippen molar-refractivity contribution in [3.63, 3.8) is 0 Å². The average molecular weight is 335 g/mol. The van der Waals surface area contributed by atoms with Crippen molar-refractivity contribution in [1.29, 1.82) is 0 Å². The Morgan fingerprint density at radius 3 is 3.08 bits per heavy atom. The second-order valence-corrected chi connectivity index (χ2v) is 6.26. The van der Waals surface area contributed by atoms with Crippen LogP contribution < -0.4 is 5.32 Å². The number of H-pyrrole nitrogens is 1. The number of aromatic amines is 1. The maximum Gasteiger partial charge on any atom is 0.254 e. The summed E-state index contributed by atoms with van der Waals surface area (Å²) >= 11 is 0. The fourth-order valence-corrected chi connectivity index (χ4v) is 3.43. The highest BCUT2D eigenvalue weighted by atomic mass is 16.2. The molecule has 1 amide bonds. The smallest absolute Gasteiger partial charge is 0.254 e. The number of nitrogens with zero attached hydrogens (tertiary/aromatic N) is 3. The van der Waals surface area contributed by atoms with Crippen molar-refractivity contribution in [1.82, 2.24) is 19.9 Å². The minimum Gasteiger partial charge on any atom is -0.370 e. The van der Waals surface area contributed by atoms with Gasteiger partial charge in [-0.3, -0.25) is 4.79 Å². The first-order valence-electron chi connectivity index (χ1n) is 8.72. The van der Waals surface area contributed by atoms with Crippen LogP contribution >= 0.6 is 0 Å². The highest BCUT2D eigenvalue weighted by molar-refractivity contribution is 5.95. The molecule has 1 aromatic carbocycles. The zero-order chi connectivity index (χ0) is 17.2. The van der Waals surface area contributed by atoms with Gasteiger partial charge in [0.05, 0.1) is 17.1 Å². The Hall–Kier alpha value is -2.89. The van der Waals surface area contributed by atoms with Gasteiger partial charge in [0, 0.05) is 24.8 Å². The molecule has 1 atom stereocenters. The Morgan fingerprint density at radius 1 is 1.36 bits per heavy atom. The third kappa shape index (κ3) is 2.95. The summed E-state index contributed by atoms with van der Waals surface area (Å²) in [4.78, 5) is 27.3. The SMILES string of the molecule is CCNc1cc(C(=O)N2CCCC2c2nc3ccccc3[nH]2)ccn1. The lowest BCUT2D eigenvalue weighted by atomic mass is 10.2. The van der Waals surface area contributed by atoms with Gasteiger partial charge in [-0.05, 0) is 44.0 Å². The van der Waals surface area contributed by atoms with Gasteiger partial charge in [0.15, 0.2) is 0 Å².